The van der Waals surface area contributed by atoms with E-state index in [1.807, 2.05) is 10.9 Å². The molecule has 1 aromatic heterocycles. The molecule has 4 heteroatoms. The number of nitrogens with zero attached hydrogens (tertiary/aromatic N) is 3. The average molecular weight is 224 g/mol. The summed E-state index contributed by atoms with van der Waals surface area (Å²) in [6.45, 7) is 13.8. The first kappa shape index (κ1) is 13.2. The Morgan fingerprint density at radius 2 is 1.94 bits per heavy atom. The third-order valence-electron chi connectivity index (χ3n) is 2.83. The molecule has 0 bridgehead atoms. The summed E-state index contributed by atoms with van der Waals surface area (Å²) in [5.41, 5.74) is 1.01. The Balaban J connectivity index is 2.53. The molecule has 0 fully saturated rings. The van der Waals surface area contributed by atoms with Gasteiger partial charge in [-0.3, -0.25) is 0 Å². The van der Waals surface area contributed by atoms with Gasteiger partial charge in [-0.15, -0.1) is 5.10 Å². The SMILES string of the molecule is CC(C)C(C)NCc1cn(C(C)(C)C)nn1. The normalized spacial score (nSPS) is 14.4. The lowest BCUT2D eigenvalue weighted by Gasteiger charge is -2.18. The molecule has 0 aliphatic carbocycles. The standard InChI is InChI=1S/C12H24N4/c1-9(2)10(3)13-7-11-8-16(15-14-11)12(4,5)6/h8-10,13H,7H2,1-6H3. The van der Waals surface area contributed by atoms with E-state index in [1.54, 1.807) is 0 Å². The maximum absolute atomic E-state index is 4.16. The van der Waals surface area contributed by atoms with E-state index in [4.69, 9.17) is 0 Å². The third kappa shape index (κ3) is 3.59. The molecular formula is C12H24N4. The Kier molecular flexibility index (Phi) is 4.08. The van der Waals surface area contributed by atoms with Crippen molar-refractivity contribution in [2.75, 3.05) is 0 Å². The van der Waals surface area contributed by atoms with Crippen LogP contribution in [0.3, 0.4) is 0 Å². The van der Waals surface area contributed by atoms with Crippen LogP contribution in [0.25, 0.3) is 0 Å². The number of nitrogens with one attached hydrogen (secondary N) is 1. The van der Waals surface area contributed by atoms with E-state index in [0.717, 1.165) is 12.2 Å². The Morgan fingerprint density at radius 1 is 1.31 bits per heavy atom. The van der Waals surface area contributed by atoms with Crippen molar-refractivity contribution in [3.05, 3.63) is 11.9 Å². The van der Waals surface area contributed by atoms with E-state index in [9.17, 15) is 0 Å². The molecule has 0 aliphatic rings. The second-order valence-corrected chi connectivity index (χ2v) is 5.74. The zero-order chi connectivity index (χ0) is 12.3. The molecule has 1 unspecified atom stereocenters. The van der Waals surface area contributed by atoms with Crippen LogP contribution in [-0.4, -0.2) is 21.0 Å². The van der Waals surface area contributed by atoms with Gasteiger partial charge in [-0.25, -0.2) is 4.68 Å². The first-order valence-corrected chi connectivity index (χ1v) is 5.96. The van der Waals surface area contributed by atoms with Gasteiger partial charge in [-0.1, -0.05) is 19.1 Å². The quantitative estimate of drug-likeness (QED) is 0.852. The fourth-order valence-corrected chi connectivity index (χ4v) is 1.21. The van der Waals surface area contributed by atoms with Gasteiger partial charge in [0.05, 0.1) is 17.4 Å². The van der Waals surface area contributed by atoms with Crippen molar-refractivity contribution in [3.63, 3.8) is 0 Å². The number of rotatable bonds is 4. The monoisotopic (exact) mass is 224 g/mol. The number of hydrogen-bond acceptors (Lipinski definition) is 3. The largest absolute Gasteiger partial charge is 0.308 e. The molecule has 4 nitrogen and oxygen atoms in total. The summed E-state index contributed by atoms with van der Waals surface area (Å²) >= 11 is 0. The summed E-state index contributed by atoms with van der Waals surface area (Å²) in [7, 11) is 0. The van der Waals surface area contributed by atoms with Gasteiger partial charge in [0.15, 0.2) is 0 Å². The minimum atomic E-state index is 0.00884. The fraction of sp³-hybridized carbons (Fsp3) is 0.833. The summed E-state index contributed by atoms with van der Waals surface area (Å²) < 4.78 is 1.91. The van der Waals surface area contributed by atoms with Crippen molar-refractivity contribution in [1.82, 2.24) is 20.3 Å². The van der Waals surface area contributed by atoms with E-state index < -0.39 is 0 Å². The molecule has 0 spiro atoms. The summed E-state index contributed by atoms with van der Waals surface area (Å²) in [5.74, 6) is 0.637. The topological polar surface area (TPSA) is 42.7 Å². The van der Waals surface area contributed by atoms with Gasteiger partial charge in [-0.05, 0) is 33.6 Å². The predicted molar refractivity (Wildman–Crippen MR) is 66.2 cm³/mol. The predicted octanol–water partition coefficient (Wildman–Crippen LogP) is 2.17. The first-order chi connectivity index (χ1) is 7.30. The summed E-state index contributed by atoms with van der Waals surface area (Å²) in [5, 5.41) is 11.7. The van der Waals surface area contributed by atoms with Crippen LogP contribution in [0.2, 0.25) is 0 Å². The van der Waals surface area contributed by atoms with Gasteiger partial charge in [-0.2, -0.15) is 0 Å². The summed E-state index contributed by atoms with van der Waals surface area (Å²) in [4.78, 5) is 0. The van der Waals surface area contributed by atoms with Gasteiger partial charge >= 0.3 is 0 Å². The van der Waals surface area contributed by atoms with Gasteiger partial charge in [0.25, 0.3) is 0 Å². The highest BCUT2D eigenvalue weighted by Gasteiger charge is 2.15. The molecule has 1 aromatic rings. The molecule has 1 rings (SSSR count). The van der Waals surface area contributed by atoms with Crippen molar-refractivity contribution < 1.29 is 0 Å². The van der Waals surface area contributed by atoms with E-state index in [1.165, 1.54) is 0 Å². The van der Waals surface area contributed by atoms with Gasteiger partial charge in [0.1, 0.15) is 0 Å². The summed E-state index contributed by atoms with van der Waals surface area (Å²) in [6, 6.07) is 0.500. The second-order valence-electron chi connectivity index (χ2n) is 5.74. The zero-order valence-corrected chi connectivity index (χ0v) is 11.3. The van der Waals surface area contributed by atoms with Crippen molar-refractivity contribution in [2.45, 2.75) is 59.7 Å². The van der Waals surface area contributed by atoms with Crippen molar-refractivity contribution in [1.29, 1.82) is 0 Å². The number of aromatic nitrogens is 3. The lowest BCUT2D eigenvalue weighted by atomic mass is 10.1. The Bertz CT molecular complexity index is 322. The number of hydrogen-bond donors (Lipinski definition) is 1. The van der Waals surface area contributed by atoms with E-state index >= 15 is 0 Å². The highest BCUT2D eigenvalue weighted by molar-refractivity contribution is 4.94. The van der Waals surface area contributed by atoms with Crippen LogP contribution >= 0.6 is 0 Å². The van der Waals surface area contributed by atoms with E-state index in [2.05, 4.69) is 57.2 Å². The Hall–Kier alpha value is -0.900. The fourth-order valence-electron chi connectivity index (χ4n) is 1.21. The van der Waals surface area contributed by atoms with Crippen LogP contribution in [0, 0.1) is 5.92 Å². The molecule has 0 aromatic carbocycles. The van der Waals surface area contributed by atoms with Gasteiger partial charge < -0.3 is 5.32 Å². The molecule has 1 N–H and O–H groups in total. The highest BCUT2D eigenvalue weighted by Crippen LogP contribution is 2.11. The molecule has 0 saturated heterocycles. The van der Waals surface area contributed by atoms with Crippen LogP contribution in [0.1, 0.15) is 47.2 Å². The smallest absolute Gasteiger partial charge is 0.0965 e. The Morgan fingerprint density at radius 3 is 2.38 bits per heavy atom. The minimum Gasteiger partial charge on any atom is -0.308 e. The van der Waals surface area contributed by atoms with Gasteiger partial charge in [0, 0.05) is 12.6 Å². The molecular weight excluding hydrogens is 200 g/mol. The van der Waals surface area contributed by atoms with Crippen LogP contribution in [0.15, 0.2) is 6.20 Å². The van der Waals surface area contributed by atoms with Crippen LogP contribution in [-0.2, 0) is 12.1 Å². The second kappa shape index (κ2) is 4.95. The van der Waals surface area contributed by atoms with Crippen LogP contribution < -0.4 is 5.32 Å². The lowest BCUT2D eigenvalue weighted by molar-refractivity contribution is 0.346. The minimum absolute atomic E-state index is 0.00884. The molecule has 0 saturated carbocycles. The molecule has 0 amide bonds. The molecule has 0 radical (unpaired) electrons. The maximum Gasteiger partial charge on any atom is 0.0965 e. The van der Waals surface area contributed by atoms with E-state index in [0.29, 0.717) is 12.0 Å². The molecule has 1 atom stereocenters. The van der Waals surface area contributed by atoms with Crippen molar-refractivity contribution in [2.24, 2.45) is 5.92 Å². The van der Waals surface area contributed by atoms with E-state index in [-0.39, 0.29) is 5.54 Å². The molecule has 1 heterocycles. The average Bonchev–Trinajstić information content (AvgIpc) is 2.61. The van der Waals surface area contributed by atoms with Gasteiger partial charge in [0.2, 0.25) is 0 Å². The molecule has 16 heavy (non-hydrogen) atoms. The molecule has 92 valence electrons. The maximum atomic E-state index is 4.16. The lowest BCUT2D eigenvalue weighted by Crippen LogP contribution is -2.30. The Labute approximate surface area is 98.4 Å². The zero-order valence-electron chi connectivity index (χ0n) is 11.3. The summed E-state index contributed by atoms with van der Waals surface area (Å²) in [6.07, 6.45) is 2.01. The third-order valence-corrected chi connectivity index (χ3v) is 2.83. The van der Waals surface area contributed by atoms with Crippen LogP contribution in [0.5, 0.6) is 0 Å². The van der Waals surface area contributed by atoms with Crippen molar-refractivity contribution in [3.8, 4) is 0 Å². The molecule has 0 aliphatic heterocycles. The van der Waals surface area contributed by atoms with Crippen molar-refractivity contribution >= 4 is 0 Å². The van der Waals surface area contributed by atoms with Crippen LogP contribution in [0.4, 0.5) is 0 Å². The first-order valence-electron chi connectivity index (χ1n) is 5.96. The highest BCUT2D eigenvalue weighted by atomic mass is 15.4.